The topological polar surface area (TPSA) is 40.2 Å². The van der Waals surface area contributed by atoms with Crippen molar-refractivity contribution in [1.82, 2.24) is 0 Å². The van der Waals surface area contributed by atoms with Gasteiger partial charge in [-0.05, 0) is 62.7 Å². The van der Waals surface area contributed by atoms with Crippen molar-refractivity contribution in [2.75, 3.05) is 26.4 Å². The van der Waals surface area contributed by atoms with Crippen LogP contribution in [0.1, 0.15) is 64.7 Å². The SMILES string of the molecule is CC1CCCC(COCCOC2CCC(C3CCC4OC4C3)OC2)C1. The van der Waals surface area contributed by atoms with E-state index in [-0.39, 0.29) is 6.10 Å². The first-order valence-corrected chi connectivity index (χ1v) is 10.7. The van der Waals surface area contributed by atoms with Gasteiger partial charge in [-0.15, -0.1) is 0 Å². The van der Waals surface area contributed by atoms with Gasteiger partial charge in [-0.3, -0.25) is 0 Å². The van der Waals surface area contributed by atoms with E-state index in [4.69, 9.17) is 18.9 Å². The van der Waals surface area contributed by atoms with E-state index in [1.165, 1.54) is 44.9 Å². The lowest BCUT2D eigenvalue weighted by Crippen LogP contribution is -2.37. The summed E-state index contributed by atoms with van der Waals surface area (Å²) in [7, 11) is 0. The molecule has 0 aromatic heterocycles. The van der Waals surface area contributed by atoms with E-state index in [0.717, 1.165) is 44.5 Å². The van der Waals surface area contributed by atoms with Crippen LogP contribution >= 0.6 is 0 Å². The van der Waals surface area contributed by atoms with Gasteiger partial charge in [0.25, 0.3) is 0 Å². The first-order chi connectivity index (χ1) is 12.3. The van der Waals surface area contributed by atoms with Gasteiger partial charge in [0.05, 0.1) is 44.2 Å². The summed E-state index contributed by atoms with van der Waals surface area (Å²) in [5.74, 6) is 2.37. The average Bonchev–Trinajstić information content (AvgIpc) is 3.41. The maximum absolute atomic E-state index is 6.14. The summed E-state index contributed by atoms with van der Waals surface area (Å²) in [6, 6.07) is 0. The van der Waals surface area contributed by atoms with Crippen molar-refractivity contribution < 1.29 is 18.9 Å². The van der Waals surface area contributed by atoms with Gasteiger partial charge >= 0.3 is 0 Å². The highest BCUT2D eigenvalue weighted by atomic mass is 16.6. The minimum atomic E-state index is 0.267. The van der Waals surface area contributed by atoms with E-state index < -0.39 is 0 Å². The lowest BCUT2D eigenvalue weighted by atomic mass is 9.82. The van der Waals surface area contributed by atoms with Crippen LogP contribution in [0, 0.1) is 17.8 Å². The Morgan fingerprint density at radius 1 is 0.880 bits per heavy atom. The Balaban J connectivity index is 1.04. The van der Waals surface area contributed by atoms with Crippen molar-refractivity contribution in [1.29, 1.82) is 0 Å². The molecule has 4 nitrogen and oxygen atoms in total. The molecule has 0 aromatic carbocycles. The molecule has 25 heavy (non-hydrogen) atoms. The molecule has 0 radical (unpaired) electrons. The quantitative estimate of drug-likeness (QED) is 0.514. The molecule has 0 spiro atoms. The zero-order chi connectivity index (χ0) is 17.1. The highest BCUT2D eigenvalue weighted by Gasteiger charge is 2.46. The second-order valence-electron chi connectivity index (χ2n) is 8.94. The molecule has 144 valence electrons. The predicted octanol–water partition coefficient (Wildman–Crippen LogP) is 3.96. The molecule has 4 rings (SSSR count). The number of rotatable bonds is 7. The molecule has 2 saturated carbocycles. The zero-order valence-corrected chi connectivity index (χ0v) is 15.9. The summed E-state index contributed by atoms with van der Waals surface area (Å²) < 4.78 is 23.6. The fraction of sp³-hybridized carbons (Fsp3) is 1.00. The maximum atomic E-state index is 6.14. The minimum Gasteiger partial charge on any atom is -0.379 e. The van der Waals surface area contributed by atoms with Gasteiger partial charge in [0, 0.05) is 6.61 Å². The molecule has 2 aliphatic carbocycles. The molecule has 0 aromatic rings. The summed E-state index contributed by atoms with van der Waals surface area (Å²) in [4.78, 5) is 0. The first-order valence-electron chi connectivity index (χ1n) is 10.7. The predicted molar refractivity (Wildman–Crippen MR) is 96.7 cm³/mol. The van der Waals surface area contributed by atoms with Crippen molar-refractivity contribution in [2.24, 2.45) is 17.8 Å². The van der Waals surface area contributed by atoms with Crippen molar-refractivity contribution in [3.63, 3.8) is 0 Å². The largest absolute Gasteiger partial charge is 0.379 e. The smallest absolute Gasteiger partial charge is 0.0845 e. The Bertz CT molecular complexity index is 407. The van der Waals surface area contributed by atoms with Crippen molar-refractivity contribution in [3.05, 3.63) is 0 Å². The van der Waals surface area contributed by atoms with E-state index in [9.17, 15) is 0 Å². The third-order valence-electron chi connectivity index (χ3n) is 6.82. The number of epoxide rings is 1. The Morgan fingerprint density at radius 2 is 1.80 bits per heavy atom. The minimum absolute atomic E-state index is 0.267. The van der Waals surface area contributed by atoms with Gasteiger partial charge in [-0.25, -0.2) is 0 Å². The molecule has 7 unspecified atom stereocenters. The molecule has 4 aliphatic rings. The van der Waals surface area contributed by atoms with Gasteiger partial charge in [0.15, 0.2) is 0 Å². The molecule has 4 fully saturated rings. The monoisotopic (exact) mass is 352 g/mol. The average molecular weight is 353 g/mol. The van der Waals surface area contributed by atoms with Crippen molar-refractivity contribution >= 4 is 0 Å². The fourth-order valence-electron chi connectivity index (χ4n) is 5.26. The van der Waals surface area contributed by atoms with Gasteiger partial charge in [-0.1, -0.05) is 19.8 Å². The highest BCUT2D eigenvalue weighted by molar-refractivity contribution is 4.94. The lowest BCUT2D eigenvalue weighted by molar-refractivity contribution is -0.113. The summed E-state index contributed by atoms with van der Waals surface area (Å²) in [5.41, 5.74) is 0. The second kappa shape index (κ2) is 8.69. The maximum Gasteiger partial charge on any atom is 0.0845 e. The highest BCUT2D eigenvalue weighted by Crippen LogP contribution is 2.42. The number of hydrogen-bond acceptors (Lipinski definition) is 4. The molecular weight excluding hydrogens is 316 g/mol. The summed E-state index contributed by atoms with van der Waals surface area (Å²) in [6.45, 7) is 5.49. The van der Waals surface area contributed by atoms with Crippen LogP contribution in [-0.4, -0.2) is 50.8 Å². The fourth-order valence-corrected chi connectivity index (χ4v) is 5.26. The molecule has 2 saturated heterocycles. The summed E-state index contributed by atoms with van der Waals surface area (Å²) in [6.07, 6.45) is 13.3. The van der Waals surface area contributed by atoms with Crippen LogP contribution in [0.25, 0.3) is 0 Å². The summed E-state index contributed by atoms with van der Waals surface area (Å²) >= 11 is 0. The third-order valence-corrected chi connectivity index (χ3v) is 6.82. The number of ether oxygens (including phenoxy) is 4. The molecular formula is C21H36O4. The van der Waals surface area contributed by atoms with Crippen LogP contribution in [0.2, 0.25) is 0 Å². The normalized spacial score (nSPS) is 44.3. The first kappa shape index (κ1) is 18.2. The van der Waals surface area contributed by atoms with E-state index in [0.29, 0.717) is 30.8 Å². The Morgan fingerprint density at radius 3 is 2.60 bits per heavy atom. The van der Waals surface area contributed by atoms with Gasteiger partial charge in [0.2, 0.25) is 0 Å². The number of fused-ring (bicyclic) bond motifs is 1. The van der Waals surface area contributed by atoms with Crippen LogP contribution in [0.3, 0.4) is 0 Å². The Labute approximate surface area is 152 Å². The summed E-state index contributed by atoms with van der Waals surface area (Å²) in [5, 5.41) is 0. The van der Waals surface area contributed by atoms with Crippen LogP contribution in [0.5, 0.6) is 0 Å². The molecule has 2 aliphatic heterocycles. The van der Waals surface area contributed by atoms with Gasteiger partial charge in [0.1, 0.15) is 0 Å². The second-order valence-corrected chi connectivity index (χ2v) is 8.94. The van der Waals surface area contributed by atoms with E-state index in [1.54, 1.807) is 0 Å². The van der Waals surface area contributed by atoms with E-state index in [1.807, 2.05) is 0 Å². The van der Waals surface area contributed by atoms with Crippen LogP contribution < -0.4 is 0 Å². The Kier molecular flexibility index (Phi) is 6.33. The molecule has 4 heteroatoms. The molecule has 0 amide bonds. The van der Waals surface area contributed by atoms with Crippen LogP contribution in [0.4, 0.5) is 0 Å². The van der Waals surface area contributed by atoms with Crippen LogP contribution in [-0.2, 0) is 18.9 Å². The van der Waals surface area contributed by atoms with Crippen molar-refractivity contribution in [2.45, 2.75) is 89.1 Å². The van der Waals surface area contributed by atoms with E-state index >= 15 is 0 Å². The van der Waals surface area contributed by atoms with E-state index in [2.05, 4.69) is 6.92 Å². The zero-order valence-electron chi connectivity index (χ0n) is 15.9. The lowest BCUT2D eigenvalue weighted by Gasteiger charge is -2.35. The van der Waals surface area contributed by atoms with Gasteiger partial charge in [-0.2, -0.15) is 0 Å². The molecule has 0 bridgehead atoms. The van der Waals surface area contributed by atoms with Gasteiger partial charge < -0.3 is 18.9 Å². The molecule has 0 N–H and O–H groups in total. The molecule has 2 heterocycles. The standard InChI is InChI=1S/C21H36O4/c1-15-3-2-4-16(11-15)13-22-9-10-23-18-6-8-19(24-14-18)17-5-7-20-21(12-17)25-20/h15-21H,2-14H2,1H3. The Hall–Kier alpha value is -0.160. The molecule has 7 atom stereocenters. The third kappa shape index (κ3) is 5.18. The number of hydrogen-bond donors (Lipinski definition) is 0. The van der Waals surface area contributed by atoms with Crippen LogP contribution in [0.15, 0.2) is 0 Å². The van der Waals surface area contributed by atoms with Crippen molar-refractivity contribution in [3.8, 4) is 0 Å².